The fourth-order valence-electron chi connectivity index (χ4n) is 2.26. The van der Waals surface area contributed by atoms with Crippen molar-refractivity contribution in [2.75, 3.05) is 17.7 Å². The van der Waals surface area contributed by atoms with E-state index in [1.807, 2.05) is 36.4 Å². The molecule has 5 nitrogen and oxygen atoms in total. The first-order valence-electron chi connectivity index (χ1n) is 7.59. The van der Waals surface area contributed by atoms with Crippen LogP contribution in [0.5, 0.6) is 5.75 Å². The number of amides is 1. The molecule has 0 bridgehead atoms. The molecule has 1 amide bonds. The number of carbonyl (C=O) groups excluding carboxylic acids is 1. The summed E-state index contributed by atoms with van der Waals surface area (Å²) in [7, 11) is 1.59. The number of anilines is 3. The Labute approximate surface area is 154 Å². The summed E-state index contributed by atoms with van der Waals surface area (Å²) in [6.45, 7) is 0. The third kappa shape index (κ3) is 4.36. The number of nitrogens with zero attached hydrogens (tertiary/aromatic N) is 1. The van der Waals surface area contributed by atoms with Crippen molar-refractivity contribution in [2.24, 2.45) is 0 Å². The normalized spacial score (nSPS) is 10.2. The average Bonchev–Trinajstić information content (AvgIpc) is 2.64. The average molecular weight is 398 g/mol. The molecule has 2 N–H and O–H groups in total. The second-order valence-corrected chi connectivity index (χ2v) is 6.13. The Bertz CT molecular complexity index is 882. The Balaban J connectivity index is 1.81. The number of ether oxygens (including phenoxy) is 1. The van der Waals surface area contributed by atoms with Gasteiger partial charge < -0.3 is 15.4 Å². The van der Waals surface area contributed by atoms with Gasteiger partial charge in [0.25, 0.3) is 5.91 Å². The number of nitrogens with one attached hydrogen (secondary N) is 2. The van der Waals surface area contributed by atoms with Crippen molar-refractivity contribution in [1.82, 2.24) is 4.98 Å². The van der Waals surface area contributed by atoms with Gasteiger partial charge in [0.05, 0.1) is 12.7 Å². The van der Waals surface area contributed by atoms with Gasteiger partial charge in [-0.15, -0.1) is 0 Å². The van der Waals surface area contributed by atoms with Gasteiger partial charge in [0.2, 0.25) is 0 Å². The summed E-state index contributed by atoms with van der Waals surface area (Å²) in [5.74, 6) is 0.920. The number of halogens is 1. The van der Waals surface area contributed by atoms with E-state index in [1.54, 1.807) is 37.6 Å². The molecule has 0 saturated heterocycles. The predicted molar refractivity (Wildman–Crippen MR) is 103 cm³/mol. The van der Waals surface area contributed by atoms with Gasteiger partial charge in [-0.1, -0.05) is 22.0 Å². The zero-order valence-corrected chi connectivity index (χ0v) is 15.1. The SMILES string of the molecule is COc1cccc(NC(=O)c2cccnc2Nc2ccc(Br)cc2)c1. The molecular weight excluding hydrogens is 382 g/mol. The van der Waals surface area contributed by atoms with Crippen LogP contribution in [-0.4, -0.2) is 18.0 Å². The van der Waals surface area contributed by atoms with E-state index in [2.05, 4.69) is 31.5 Å². The van der Waals surface area contributed by atoms with Crippen molar-refractivity contribution in [2.45, 2.75) is 0 Å². The number of carbonyl (C=O) groups is 1. The highest BCUT2D eigenvalue weighted by atomic mass is 79.9. The molecule has 6 heteroatoms. The number of pyridine rings is 1. The van der Waals surface area contributed by atoms with Crippen LogP contribution in [0.25, 0.3) is 0 Å². The molecule has 0 aliphatic rings. The molecule has 3 aromatic rings. The summed E-state index contributed by atoms with van der Waals surface area (Å²) in [5, 5.41) is 6.03. The molecule has 0 aliphatic carbocycles. The maximum atomic E-state index is 12.6. The van der Waals surface area contributed by atoms with Gasteiger partial charge in [0.15, 0.2) is 0 Å². The number of methoxy groups -OCH3 is 1. The summed E-state index contributed by atoms with van der Waals surface area (Å²) in [5.41, 5.74) is 1.95. The topological polar surface area (TPSA) is 63.2 Å². The van der Waals surface area contributed by atoms with Gasteiger partial charge in [0, 0.05) is 28.1 Å². The monoisotopic (exact) mass is 397 g/mol. The van der Waals surface area contributed by atoms with E-state index < -0.39 is 0 Å². The van der Waals surface area contributed by atoms with E-state index in [0.717, 1.165) is 10.2 Å². The van der Waals surface area contributed by atoms with E-state index in [9.17, 15) is 4.79 Å². The van der Waals surface area contributed by atoms with Gasteiger partial charge >= 0.3 is 0 Å². The van der Waals surface area contributed by atoms with Crippen molar-refractivity contribution in [3.63, 3.8) is 0 Å². The lowest BCUT2D eigenvalue weighted by atomic mass is 10.2. The summed E-state index contributed by atoms with van der Waals surface area (Å²) >= 11 is 3.40. The third-order valence-corrected chi connectivity index (χ3v) is 4.02. The first kappa shape index (κ1) is 17.0. The molecule has 1 heterocycles. The Morgan fingerprint density at radius 2 is 1.84 bits per heavy atom. The molecule has 0 unspecified atom stereocenters. The fraction of sp³-hybridized carbons (Fsp3) is 0.0526. The van der Waals surface area contributed by atoms with E-state index in [1.165, 1.54) is 0 Å². The summed E-state index contributed by atoms with van der Waals surface area (Å²) in [6.07, 6.45) is 1.64. The highest BCUT2D eigenvalue weighted by Gasteiger charge is 2.13. The summed E-state index contributed by atoms with van der Waals surface area (Å²) in [6, 6.07) is 18.3. The van der Waals surface area contributed by atoms with Gasteiger partial charge in [-0.05, 0) is 48.5 Å². The van der Waals surface area contributed by atoms with Crippen LogP contribution in [0.4, 0.5) is 17.2 Å². The fourth-order valence-corrected chi connectivity index (χ4v) is 2.52. The Kier molecular flexibility index (Phi) is 5.30. The lowest BCUT2D eigenvalue weighted by Crippen LogP contribution is -2.14. The Hall–Kier alpha value is -2.86. The molecule has 0 fully saturated rings. The van der Waals surface area contributed by atoms with Crippen LogP contribution in [0.1, 0.15) is 10.4 Å². The van der Waals surface area contributed by atoms with Gasteiger partial charge in [-0.3, -0.25) is 4.79 Å². The highest BCUT2D eigenvalue weighted by Crippen LogP contribution is 2.22. The van der Waals surface area contributed by atoms with Crippen molar-refractivity contribution < 1.29 is 9.53 Å². The quantitative estimate of drug-likeness (QED) is 0.645. The second kappa shape index (κ2) is 7.81. The lowest BCUT2D eigenvalue weighted by Gasteiger charge is -2.12. The smallest absolute Gasteiger partial charge is 0.259 e. The zero-order chi connectivity index (χ0) is 17.6. The first-order chi connectivity index (χ1) is 12.2. The summed E-state index contributed by atoms with van der Waals surface area (Å²) < 4.78 is 6.16. The minimum absolute atomic E-state index is 0.249. The maximum Gasteiger partial charge on any atom is 0.259 e. The third-order valence-electron chi connectivity index (χ3n) is 3.49. The van der Waals surface area contributed by atoms with E-state index >= 15 is 0 Å². The standard InChI is InChI=1S/C19H16BrN3O2/c1-25-16-5-2-4-15(12-16)23-19(24)17-6-3-11-21-18(17)22-14-9-7-13(20)8-10-14/h2-12H,1H3,(H,21,22)(H,23,24). The van der Waals surface area contributed by atoms with Crippen LogP contribution in [-0.2, 0) is 0 Å². The van der Waals surface area contributed by atoms with Gasteiger partial charge in [-0.25, -0.2) is 4.98 Å². The molecule has 126 valence electrons. The molecule has 1 aromatic heterocycles. The van der Waals surface area contributed by atoms with Crippen LogP contribution in [0, 0.1) is 0 Å². The number of benzene rings is 2. The van der Waals surface area contributed by atoms with E-state index in [-0.39, 0.29) is 5.91 Å². The molecule has 25 heavy (non-hydrogen) atoms. The Morgan fingerprint density at radius 3 is 2.60 bits per heavy atom. The van der Waals surface area contributed by atoms with Gasteiger partial charge in [0.1, 0.15) is 11.6 Å². The van der Waals surface area contributed by atoms with Crippen molar-refractivity contribution in [1.29, 1.82) is 0 Å². The maximum absolute atomic E-state index is 12.6. The molecule has 0 saturated carbocycles. The molecule has 2 aromatic carbocycles. The van der Waals surface area contributed by atoms with Crippen molar-refractivity contribution in [3.8, 4) is 5.75 Å². The van der Waals surface area contributed by atoms with Crippen molar-refractivity contribution >= 4 is 39.0 Å². The highest BCUT2D eigenvalue weighted by molar-refractivity contribution is 9.10. The van der Waals surface area contributed by atoms with Crippen LogP contribution in [0.15, 0.2) is 71.3 Å². The Morgan fingerprint density at radius 1 is 1.04 bits per heavy atom. The minimum Gasteiger partial charge on any atom is -0.497 e. The molecule has 0 atom stereocenters. The van der Waals surface area contributed by atoms with E-state index in [4.69, 9.17) is 4.74 Å². The number of hydrogen-bond acceptors (Lipinski definition) is 4. The van der Waals surface area contributed by atoms with Crippen LogP contribution in [0.2, 0.25) is 0 Å². The lowest BCUT2D eigenvalue weighted by molar-refractivity contribution is 0.102. The van der Waals surface area contributed by atoms with E-state index in [0.29, 0.717) is 22.8 Å². The van der Waals surface area contributed by atoms with Crippen LogP contribution in [0.3, 0.4) is 0 Å². The van der Waals surface area contributed by atoms with Gasteiger partial charge in [-0.2, -0.15) is 0 Å². The number of aromatic nitrogens is 1. The largest absolute Gasteiger partial charge is 0.497 e. The molecule has 0 spiro atoms. The first-order valence-corrected chi connectivity index (χ1v) is 8.38. The zero-order valence-electron chi connectivity index (χ0n) is 13.5. The van der Waals surface area contributed by atoms with Crippen LogP contribution >= 0.6 is 15.9 Å². The molecule has 3 rings (SSSR count). The molecule has 0 radical (unpaired) electrons. The molecule has 0 aliphatic heterocycles. The molecular formula is C19H16BrN3O2. The predicted octanol–water partition coefficient (Wildman–Crippen LogP) is 4.85. The van der Waals surface area contributed by atoms with Crippen LogP contribution < -0.4 is 15.4 Å². The number of hydrogen-bond donors (Lipinski definition) is 2. The minimum atomic E-state index is -0.249. The van der Waals surface area contributed by atoms with Crippen molar-refractivity contribution in [3.05, 3.63) is 76.9 Å². The summed E-state index contributed by atoms with van der Waals surface area (Å²) in [4.78, 5) is 16.9. The second-order valence-electron chi connectivity index (χ2n) is 5.22. The number of rotatable bonds is 5.